The molecule has 0 spiro atoms. The summed E-state index contributed by atoms with van der Waals surface area (Å²) in [6.07, 6.45) is 0. The molecule has 0 amide bonds. The summed E-state index contributed by atoms with van der Waals surface area (Å²) >= 11 is 0. The third kappa shape index (κ3) is 2.59. The van der Waals surface area contributed by atoms with Crippen molar-refractivity contribution in [3.8, 4) is 0 Å². The van der Waals surface area contributed by atoms with Crippen molar-refractivity contribution < 1.29 is 8.85 Å². The fourth-order valence-electron chi connectivity index (χ4n) is 3.57. The Morgan fingerprint density at radius 2 is 1.29 bits per heavy atom. The third-order valence-electron chi connectivity index (χ3n) is 4.56. The van der Waals surface area contributed by atoms with E-state index >= 15 is 0 Å². The van der Waals surface area contributed by atoms with E-state index in [9.17, 15) is 0 Å². The minimum absolute atomic E-state index is 0.708. The molecule has 3 heteroatoms. The van der Waals surface area contributed by atoms with E-state index in [0.29, 0.717) is 13.2 Å². The van der Waals surface area contributed by atoms with Crippen molar-refractivity contribution in [2.45, 2.75) is 19.9 Å². The molecule has 1 radical (unpaired) electrons. The maximum Gasteiger partial charge on any atom is 0.389 e. The van der Waals surface area contributed by atoms with Crippen molar-refractivity contribution in [3.63, 3.8) is 0 Å². The maximum atomic E-state index is 5.86. The van der Waals surface area contributed by atoms with Crippen LogP contribution >= 0.6 is 0 Å². The highest BCUT2D eigenvalue weighted by Crippen LogP contribution is 2.36. The van der Waals surface area contributed by atoms with Gasteiger partial charge in [0.2, 0.25) is 0 Å². The summed E-state index contributed by atoms with van der Waals surface area (Å²) in [5.74, 6) is 0. The van der Waals surface area contributed by atoms with Gasteiger partial charge >= 0.3 is 9.28 Å². The molecule has 0 aliphatic heterocycles. The first kappa shape index (κ1) is 15.6. The first-order valence-corrected chi connectivity index (χ1v) is 10.1. The van der Waals surface area contributed by atoms with Gasteiger partial charge in [-0.2, -0.15) is 0 Å². The van der Waals surface area contributed by atoms with Crippen LogP contribution in [0.15, 0.2) is 54.6 Å². The molecular formula is C21H21O2Si. The first-order valence-electron chi connectivity index (χ1n) is 8.58. The van der Waals surface area contributed by atoms with Gasteiger partial charge in [-0.05, 0) is 51.7 Å². The van der Waals surface area contributed by atoms with Crippen molar-refractivity contribution in [2.24, 2.45) is 0 Å². The predicted molar refractivity (Wildman–Crippen MR) is 103 cm³/mol. The van der Waals surface area contributed by atoms with Crippen molar-refractivity contribution in [1.82, 2.24) is 0 Å². The Morgan fingerprint density at radius 1 is 0.708 bits per heavy atom. The molecule has 0 aliphatic carbocycles. The van der Waals surface area contributed by atoms with Crippen LogP contribution in [0.25, 0.3) is 32.3 Å². The molecule has 24 heavy (non-hydrogen) atoms. The summed E-state index contributed by atoms with van der Waals surface area (Å²) in [6, 6.07) is 20.8. The van der Waals surface area contributed by atoms with E-state index in [1.54, 1.807) is 0 Å². The standard InChI is InChI=1S/C21H21O2Si/c1-3-22-24(23-4-2)14-18-11-10-17-9-8-15-6-5-7-16-12-13-19(18)21(17)20(15)16/h5-13H,3-4,14H2,1-2H3. The Kier molecular flexibility index (Phi) is 4.23. The van der Waals surface area contributed by atoms with Crippen LogP contribution < -0.4 is 0 Å². The molecule has 0 atom stereocenters. The van der Waals surface area contributed by atoms with Crippen molar-refractivity contribution in [1.29, 1.82) is 0 Å². The van der Waals surface area contributed by atoms with E-state index in [0.717, 1.165) is 6.04 Å². The van der Waals surface area contributed by atoms with Crippen LogP contribution in [0, 0.1) is 0 Å². The monoisotopic (exact) mass is 333 g/mol. The Bertz CT molecular complexity index is 958. The van der Waals surface area contributed by atoms with Gasteiger partial charge in [-0.3, -0.25) is 0 Å². The molecule has 4 aromatic rings. The zero-order valence-electron chi connectivity index (χ0n) is 14.1. The van der Waals surface area contributed by atoms with Crippen molar-refractivity contribution >= 4 is 41.6 Å². The van der Waals surface area contributed by atoms with Crippen LogP contribution in [0.4, 0.5) is 0 Å². The van der Waals surface area contributed by atoms with Gasteiger partial charge in [0.25, 0.3) is 0 Å². The van der Waals surface area contributed by atoms with Crippen LogP contribution in [0.1, 0.15) is 19.4 Å². The average molecular weight is 333 g/mol. The Balaban J connectivity index is 1.90. The van der Waals surface area contributed by atoms with Crippen LogP contribution in [0.3, 0.4) is 0 Å². The summed E-state index contributed by atoms with van der Waals surface area (Å²) in [7, 11) is -1.26. The lowest BCUT2D eigenvalue weighted by atomic mass is 9.92. The van der Waals surface area contributed by atoms with Gasteiger partial charge in [0.15, 0.2) is 0 Å². The highest BCUT2D eigenvalue weighted by atomic mass is 28.3. The topological polar surface area (TPSA) is 18.5 Å². The lowest BCUT2D eigenvalue weighted by Crippen LogP contribution is -2.26. The summed E-state index contributed by atoms with van der Waals surface area (Å²) in [6.45, 7) is 5.49. The van der Waals surface area contributed by atoms with E-state index < -0.39 is 9.28 Å². The number of benzene rings is 4. The average Bonchev–Trinajstić information content (AvgIpc) is 2.61. The van der Waals surface area contributed by atoms with E-state index in [1.165, 1.54) is 37.9 Å². The second kappa shape index (κ2) is 6.52. The van der Waals surface area contributed by atoms with E-state index in [4.69, 9.17) is 8.85 Å². The molecule has 4 aromatic carbocycles. The van der Waals surface area contributed by atoms with Gasteiger partial charge in [0.05, 0.1) is 0 Å². The zero-order valence-corrected chi connectivity index (χ0v) is 15.1. The highest BCUT2D eigenvalue weighted by Gasteiger charge is 2.18. The lowest BCUT2D eigenvalue weighted by molar-refractivity contribution is 0.213. The first-order chi connectivity index (χ1) is 11.8. The van der Waals surface area contributed by atoms with E-state index in [2.05, 4.69) is 54.6 Å². The number of hydrogen-bond donors (Lipinski definition) is 0. The molecule has 121 valence electrons. The van der Waals surface area contributed by atoms with Gasteiger partial charge in [0.1, 0.15) is 0 Å². The smallest absolute Gasteiger partial charge is 0.389 e. The normalized spacial score (nSPS) is 12.1. The maximum absolute atomic E-state index is 5.86. The molecule has 0 unspecified atom stereocenters. The van der Waals surface area contributed by atoms with E-state index in [1.807, 2.05) is 13.8 Å². The van der Waals surface area contributed by atoms with Crippen LogP contribution in [0.2, 0.25) is 0 Å². The Morgan fingerprint density at radius 3 is 1.96 bits per heavy atom. The number of rotatable bonds is 6. The van der Waals surface area contributed by atoms with Gasteiger partial charge < -0.3 is 8.85 Å². The summed E-state index contributed by atoms with van der Waals surface area (Å²) in [4.78, 5) is 0. The van der Waals surface area contributed by atoms with E-state index in [-0.39, 0.29) is 0 Å². The fraction of sp³-hybridized carbons (Fsp3) is 0.238. The molecule has 0 heterocycles. The number of hydrogen-bond acceptors (Lipinski definition) is 2. The molecule has 0 aromatic heterocycles. The summed E-state index contributed by atoms with van der Waals surface area (Å²) in [5.41, 5.74) is 1.33. The van der Waals surface area contributed by atoms with Crippen LogP contribution in [0.5, 0.6) is 0 Å². The second-order valence-electron chi connectivity index (χ2n) is 6.00. The molecule has 0 aliphatic rings. The van der Waals surface area contributed by atoms with Gasteiger partial charge in [-0.25, -0.2) is 0 Å². The predicted octanol–water partition coefficient (Wildman–Crippen LogP) is 5.23. The third-order valence-corrected chi connectivity index (χ3v) is 6.46. The zero-order chi connectivity index (χ0) is 16.5. The Labute approximate surface area is 144 Å². The van der Waals surface area contributed by atoms with Crippen molar-refractivity contribution in [2.75, 3.05) is 13.2 Å². The quantitative estimate of drug-likeness (QED) is 0.355. The molecule has 4 rings (SSSR count). The minimum atomic E-state index is -1.26. The van der Waals surface area contributed by atoms with Crippen LogP contribution in [-0.2, 0) is 14.9 Å². The molecule has 0 bridgehead atoms. The Hall–Kier alpha value is -1.94. The lowest BCUT2D eigenvalue weighted by Gasteiger charge is -2.17. The second-order valence-corrected chi connectivity index (χ2v) is 7.67. The fourth-order valence-corrected chi connectivity index (χ4v) is 5.12. The largest absolute Gasteiger partial charge is 0.393 e. The molecule has 2 nitrogen and oxygen atoms in total. The van der Waals surface area contributed by atoms with Gasteiger partial charge in [-0.15, -0.1) is 0 Å². The van der Waals surface area contributed by atoms with Crippen molar-refractivity contribution in [3.05, 3.63) is 60.2 Å². The summed E-state index contributed by atoms with van der Waals surface area (Å²) < 4.78 is 11.7. The molecule has 0 saturated carbocycles. The van der Waals surface area contributed by atoms with Crippen LogP contribution in [-0.4, -0.2) is 22.5 Å². The van der Waals surface area contributed by atoms with Gasteiger partial charge in [0, 0.05) is 19.3 Å². The minimum Gasteiger partial charge on any atom is -0.393 e. The molecule has 0 saturated heterocycles. The SMILES string of the molecule is CCO[Si](Cc1ccc2ccc3cccc4ccc1c2c34)OCC. The highest BCUT2D eigenvalue weighted by molar-refractivity contribution is 6.44. The summed E-state index contributed by atoms with van der Waals surface area (Å²) in [5, 5.41) is 8.00. The van der Waals surface area contributed by atoms with Gasteiger partial charge in [-0.1, -0.05) is 54.6 Å². The molecular weight excluding hydrogens is 312 g/mol. The molecule has 0 fully saturated rings. The molecule has 0 N–H and O–H groups in total.